The summed E-state index contributed by atoms with van der Waals surface area (Å²) in [6.07, 6.45) is 9.39. The number of thiocarbonyl (C=S) groups is 1. The zero-order chi connectivity index (χ0) is 17.8. The van der Waals surface area contributed by atoms with Gasteiger partial charge in [0.25, 0.3) is 0 Å². The summed E-state index contributed by atoms with van der Waals surface area (Å²) >= 11 is 7.37. The lowest BCUT2D eigenvalue weighted by molar-refractivity contribution is 0.271. The Morgan fingerprint density at radius 1 is 1.15 bits per heavy atom. The Morgan fingerprint density at radius 2 is 1.96 bits per heavy atom. The lowest BCUT2D eigenvalue weighted by atomic mass is 9.90. The summed E-state index contributed by atoms with van der Waals surface area (Å²) in [5.41, 5.74) is 2.47. The minimum atomic E-state index is 0.746. The van der Waals surface area contributed by atoms with E-state index in [1.165, 1.54) is 24.8 Å². The van der Waals surface area contributed by atoms with E-state index in [9.17, 15) is 0 Å². The van der Waals surface area contributed by atoms with Crippen LogP contribution in [0.4, 0.5) is 0 Å². The van der Waals surface area contributed by atoms with Gasteiger partial charge in [-0.25, -0.2) is 9.97 Å². The van der Waals surface area contributed by atoms with Gasteiger partial charge in [-0.1, -0.05) is 54.3 Å². The Labute approximate surface area is 163 Å². The zero-order valence-corrected chi connectivity index (χ0v) is 16.3. The number of likely N-dealkylation sites (tertiary alicyclic amines) is 1. The second-order valence-corrected chi connectivity index (χ2v) is 8.34. The Balaban J connectivity index is 1.25. The van der Waals surface area contributed by atoms with Crippen LogP contribution in [0, 0.1) is 5.92 Å². The Bertz CT molecular complexity index is 837. The third-order valence-electron chi connectivity index (χ3n) is 4.87. The molecule has 3 heterocycles. The van der Waals surface area contributed by atoms with Crippen molar-refractivity contribution in [3.05, 3.63) is 66.2 Å². The lowest BCUT2D eigenvalue weighted by Crippen LogP contribution is -2.36. The summed E-state index contributed by atoms with van der Waals surface area (Å²) < 4.78 is 2.95. The van der Waals surface area contributed by atoms with Crippen molar-refractivity contribution in [2.75, 3.05) is 13.1 Å². The van der Waals surface area contributed by atoms with E-state index in [0.29, 0.717) is 0 Å². The minimum Gasteiger partial charge on any atom is -0.357 e. The number of imidazole rings is 1. The fraction of sp³-hybridized carbons (Fsp3) is 0.350. The van der Waals surface area contributed by atoms with Crippen molar-refractivity contribution in [1.29, 1.82) is 0 Å². The van der Waals surface area contributed by atoms with Crippen molar-refractivity contribution in [2.24, 2.45) is 5.92 Å². The number of benzene rings is 1. The van der Waals surface area contributed by atoms with E-state index < -0.39 is 0 Å². The predicted molar refractivity (Wildman–Crippen MR) is 111 cm³/mol. The summed E-state index contributed by atoms with van der Waals surface area (Å²) in [6, 6.07) is 12.7. The highest BCUT2D eigenvalue weighted by atomic mass is 32.2. The van der Waals surface area contributed by atoms with Gasteiger partial charge in [0.15, 0.2) is 0 Å². The molecule has 26 heavy (non-hydrogen) atoms. The molecule has 3 aromatic rings. The summed E-state index contributed by atoms with van der Waals surface area (Å²) in [6.45, 7) is 2.13. The van der Waals surface area contributed by atoms with Crippen LogP contribution in [0.5, 0.6) is 0 Å². The summed E-state index contributed by atoms with van der Waals surface area (Å²) in [5, 5.41) is 0. The average Bonchev–Trinajstić information content (AvgIpc) is 3.10. The second kappa shape index (κ2) is 8.18. The fourth-order valence-electron chi connectivity index (χ4n) is 3.44. The molecule has 0 bridgehead atoms. The SMILES string of the molecule is S=C(SCc1cn2cccnc2n1)N1CCC(Cc2ccccc2)CC1. The quantitative estimate of drug-likeness (QED) is 0.632. The van der Waals surface area contributed by atoms with E-state index in [1.807, 2.05) is 22.9 Å². The molecule has 1 aliphatic heterocycles. The van der Waals surface area contributed by atoms with Gasteiger partial charge in [0, 0.05) is 37.4 Å². The highest BCUT2D eigenvalue weighted by molar-refractivity contribution is 8.22. The molecule has 0 unspecified atom stereocenters. The van der Waals surface area contributed by atoms with Gasteiger partial charge in [0.05, 0.1) is 5.69 Å². The van der Waals surface area contributed by atoms with Crippen LogP contribution in [-0.2, 0) is 12.2 Å². The molecule has 134 valence electrons. The summed E-state index contributed by atoms with van der Waals surface area (Å²) in [4.78, 5) is 11.2. The van der Waals surface area contributed by atoms with Gasteiger partial charge in [-0.3, -0.25) is 4.40 Å². The zero-order valence-electron chi connectivity index (χ0n) is 14.6. The van der Waals surface area contributed by atoms with E-state index in [1.54, 1.807) is 18.0 Å². The number of hydrogen-bond acceptors (Lipinski definition) is 4. The normalized spacial score (nSPS) is 15.5. The lowest BCUT2D eigenvalue weighted by Gasteiger charge is -2.33. The van der Waals surface area contributed by atoms with E-state index in [2.05, 4.69) is 45.2 Å². The molecule has 0 aliphatic carbocycles. The van der Waals surface area contributed by atoms with Crippen LogP contribution >= 0.6 is 24.0 Å². The molecule has 4 rings (SSSR count). The van der Waals surface area contributed by atoms with E-state index >= 15 is 0 Å². The van der Waals surface area contributed by atoms with E-state index in [0.717, 1.165) is 40.6 Å². The third-order valence-corrected chi connectivity index (χ3v) is 6.43. The molecule has 0 atom stereocenters. The predicted octanol–water partition coefficient (Wildman–Crippen LogP) is 4.20. The molecule has 0 spiro atoms. The molecule has 0 N–H and O–H groups in total. The van der Waals surface area contributed by atoms with Crippen molar-refractivity contribution in [2.45, 2.75) is 25.0 Å². The van der Waals surface area contributed by atoms with Gasteiger partial charge in [-0.15, -0.1) is 0 Å². The highest BCUT2D eigenvalue weighted by Crippen LogP contribution is 2.25. The number of hydrogen-bond donors (Lipinski definition) is 0. The van der Waals surface area contributed by atoms with Gasteiger partial charge in [-0.2, -0.15) is 0 Å². The molecular weight excluding hydrogens is 360 g/mol. The maximum atomic E-state index is 5.66. The summed E-state index contributed by atoms with van der Waals surface area (Å²) in [7, 11) is 0. The first-order valence-electron chi connectivity index (χ1n) is 9.02. The fourth-order valence-corrected chi connectivity index (χ4v) is 4.58. The highest BCUT2D eigenvalue weighted by Gasteiger charge is 2.21. The Kier molecular flexibility index (Phi) is 5.51. The van der Waals surface area contributed by atoms with Crippen LogP contribution in [0.1, 0.15) is 24.1 Å². The number of fused-ring (bicyclic) bond motifs is 1. The maximum Gasteiger partial charge on any atom is 0.233 e. The van der Waals surface area contributed by atoms with E-state index in [-0.39, 0.29) is 0 Å². The van der Waals surface area contributed by atoms with Crippen LogP contribution in [-0.4, -0.2) is 36.7 Å². The second-order valence-electron chi connectivity index (χ2n) is 6.73. The summed E-state index contributed by atoms with van der Waals surface area (Å²) in [5.74, 6) is 2.31. The van der Waals surface area contributed by atoms with Crippen molar-refractivity contribution in [1.82, 2.24) is 19.3 Å². The first-order valence-corrected chi connectivity index (χ1v) is 10.4. The van der Waals surface area contributed by atoms with E-state index in [4.69, 9.17) is 12.2 Å². The molecule has 0 saturated carbocycles. The van der Waals surface area contributed by atoms with Gasteiger partial charge in [0.2, 0.25) is 5.78 Å². The van der Waals surface area contributed by atoms with Crippen LogP contribution < -0.4 is 0 Å². The van der Waals surface area contributed by atoms with Gasteiger partial charge < -0.3 is 4.90 Å². The van der Waals surface area contributed by atoms with Crippen molar-refractivity contribution < 1.29 is 0 Å². The van der Waals surface area contributed by atoms with Gasteiger partial charge in [0.1, 0.15) is 4.32 Å². The monoisotopic (exact) mass is 382 g/mol. The number of thioether (sulfide) groups is 1. The number of piperidine rings is 1. The first kappa shape index (κ1) is 17.5. The molecule has 1 aliphatic rings. The van der Waals surface area contributed by atoms with Gasteiger partial charge >= 0.3 is 0 Å². The van der Waals surface area contributed by atoms with Crippen molar-refractivity contribution in [3.63, 3.8) is 0 Å². The van der Waals surface area contributed by atoms with Crippen LogP contribution in [0.15, 0.2) is 55.0 Å². The average molecular weight is 383 g/mol. The van der Waals surface area contributed by atoms with Crippen molar-refractivity contribution >= 4 is 34.1 Å². The molecule has 1 saturated heterocycles. The molecule has 0 radical (unpaired) electrons. The van der Waals surface area contributed by atoms with Crippen molar-refractivity contribution in [3.8, 4) is 0 Å². The molecule has 0 amide bonds. The standard InChI is InChI=1S/C20H22N4S2/c25-20(26-15-18-14-24-10-4-9-21-19(24)22-18)23-11-7-17(8-12-23)13-16-5-2-1-3-6-16/h1-6,9-10,14,17H,7-8,11-13,15H2. The number of aromatic nitrogens is 3. The Morgan fingerprint density at radius 3 is 2.73 bits per heavy atom. The molecule has 4 nitrogen and oxygen atoms in total. The first-order chi connectivity index (χ1) is 12.8. The largest absolute Gasteiger partial charge is 0.357 e. The smallest absolute Gasteiger partial charge is 0.233 e. The molecule has 1 fully saturated rings. The van der Waals surface area contributed by atoms with Crippen LogP contribution in [0.25, 0.3) is 5.78 Å². The van der Waals surface area contributed by atoms with Gasteiger partial charge in [-0.05, 0) is 36.8 Å². The minimum absolute atomic E-state index is 0.746. The number of rotatable bonds is 4. The molecule has 1 aromatic carbocycles. The molecule has 2 aromatic heterocycles. The molecule has 6 heteroatoms. The maximum absolute atomic E-state index is 5.66. The molecular formula is C20H22N4S2. The van der Waals surface area contributed by atoms with Crippen LogP contribution in [0.3, 0.4) is 0 Å². The Hall–Kier alpha value is -1.92. The number of nitrogens with zero attached hydrogens (tertiary/aromatic N) is 4. The topological polar surface area (TPSA) is 33.4 Å². The third kappa shape index (κ3) is 4.24. The van der Waals surface area contributed by atoms with Crippen LogP contribution in [0.2, 0.25) is 0 Å².